The Balaban J connectivity index is 1.84. The first-order valence-electron chi connectivity index (χ1n) is 8.31. The molecule has 0 fully saturated rings. The second-order valence-electron chi connectivity index (χ2n) is 6.08. The van der Waals surface area contributed by atoms with Crippen LogP contribution < -0.4 is 15.7 Å². The number of imidazole rings is 1. The van der Waals surface area contributed by atoms with Gasteiger partial charge in [0.2, 0.25) is 10.0 Å². The second-order valence-corrected chi connectivity index (χ2v) is 7.85. The van der Waals surface area contributed by atoms with Crippen LogP contribution in [0.1, 0.15) is 17.3 Å². The maximum absolute atomic E-state index is 12.4. The van der Waals surface area contributed by atoms with Gasteiger partial charge in [-0.3, -0.25) is 13.9 Å². The summed E-state index contributed by atoms with van der Waals surface area (Å²) in [5.41, 5.74) is 2.18. The van der Waals surface area contributed by atoms with Gasteiger partial charge in [0.1, 0.15) is 0 Å². The predicted molar refractivity (Wildman–Crippen MR) is 103 cm³/mol. The van der Waals surface area contributed by atoms with Crippen LogP contribution >= 0.6 is 0 Å². The molecule has 1 aromatic heterocycles. The molecule has 0 unspecified atom stereocenters. The van der Waals surface area contributed by atoms with E-state index >= 15 is 0 Å². The topological polar surface area (TPSA) is 102 Å². The van der Waals surface area contributed by atoms with Gasteiger partial charge >= 0.3 is 5.69 Å². The Morgan fingerprint density at radius 1 is 1.00 bits per heavy atom. The molecule has 0 aliphatic rings. The number of amides is 1. The number of nitrogens with one attached hydrogen (secondary N) is 2. The van der Waals surface area contributed by atoms with Crippen molar-refractivity contribution in [1.29, 1.82) is 0 Å². The third-order valence-electron chi connectivity index (χ3n) is 4.29. The number of carbonyl (C=O) groups is 1. The Morgan fingerprint density at radius 2 is 1.63 bits per heavy atom. The van der Waals surface area contributed by atoms with E-state index in [2.05, 4.69) is 10.0 Å². The lowest BCUT2D eigenvalue weighted by atomic mass is 10.2. The van der Waals surface area contributed by atoms with Crippen molar-refractivity contribution in [2.24, 2.45) is 14.1 Å². The predicted octanol–water partition coefficient (Wildman–Crippen LogP) is 1.43. The van der Waals surface area contributed by atoms with Crippen LogP contribution in [-0.4, -0.2) is 30.0 Å². The number of aromatic nitrogens is 2. The minimum Gasteiger partial charge on any atom is -0.322 e. The number of nitrogens with zero attached hydrogens (tertiary/aromatic N) is 2. The summed E-state index contributed by atoms with van der Waals surface area (Å²) in [7, 11) is -0.206. The number of hydrogen-bond donors (Lipinski definition) is 2. The van der Waals surface area contributed by atoms with Crippen molar-refractivity contribution in [3.05, 3.63) is 58.5 Å². The van der Waals surface area contributed by atoms with Crippen LogP contribution in [0.25, 0.3) is 11.0 Å². The zero-order valence-electron chi connectivity index (χ0n) is 15.2. The van der Waals surface area contributed by atoms with Crippen molar-refractivity contribution < 1.29 is 13.2 Å². The lowest BCUT2D eigenvalue weighted by Crippen LogP contribution is -2.23. The van der Waals surface area contributed by atoms with Crippen molar-refractivity contribution in [2.45, 2.75) is 11.8 Å². The molecule has 8 nitrogen and oxygen atoms in total. The van der Waals surface area contributed by atoms with Crippen molar-refractivity contribution in [1.82, 2.24) is 13.9 Å². The zero-order valence-corrected chi connectivity index (χ0v) is 16.0. The van der Waals surface area contributed by atoms with Crippen LogP contribution in [-0.2, 0) is 24.1 Å². The third-order valence-corrected chi connectivity index (χ3v) is 5.85. The number of aryl methyl sites for hydroxylation is 2. The summed E-state index contributed by atoms with van der Waals surface area (Å²) in [6, 6.07) is 10.9. The van der Waals surface area contributed by atoms with Crippen molar-refractivity contribution in [3.8, 4) is 0 Å². The molecule has 0 radical (unpaired) electrons. The number of fused-ring (bicyclic) bond motifs is 1. The maximum atomic E-state index is 12.4. The molecule has 0 bridgehead atoms. The van der Waals surface area contributed by atoms with E-state index in [4.69, 9.17) is 0 Å². The molecule has 0 saturated heterocycles. The standard InChI is InChI=1S/C18H20N4O4S/c1-4-19-27(25,26)14-8-5-12(6-9-14)17(23)20-13-7-10-15-16(11-13)22(3)18(24)21(15)2/h5-11,19H,4H2,1-3H3,(H,20,23). The quantitative estimate of drug-likeness (QED) is 0.690. The molecule has 3 aromatic rings. The zero-order chi connectivity index (χ0) is 19.8. The summed E-state index contributed by atoms with van der Waals surface area (Å²) in [4.78, 5) is 24.5. The Hall–Kier alpha value is -2.91. The molecular weight excluding hydrogens is 368 g/mol. The fourth-order valence-corrected chi connectivity index (χ4v) is 3.89. The molecule has 3 rings (SSSR count). The highest BCUT2D eigenvalue weighted by Crippen LogP contribution is 2.19. The number of hydrogen-bond acceptors (Lipinski definition) is 4. The number of sulfonamides is 1. The molecule has 142 valence electrons. The van der Waals surface area contributed by atoms with Gasteiger partial charge in [0.05, 0.1) is 15.9 Å². The third kappa shape index (κ3) is 3.51. The average molecular weight is 388 g/mol. The summed E-state index contributed by atoms with van der Waals surface area (Å²) in [5, 5.41) is 2.76. The highest BCUT2D eigenvalue weighted by Gasteiger charge is 2.14. The van der Waals surface area contributed by atoms with E-state index in [1.54, 1.807) is 39.2 Å². The average Bonchev–Trinajstić information content (AvgIpc) is 2.86. The summed E-state index contributed by atoms with van der Waals surface area (Å²) < 4.78 is 29.3. The summed E-state index contributed by atoms with van der Waals surface area (Å²) in [6.45, 7) is 1.98. The minimum atomic E-state index is -3.56. The van der Waals surface area contributed by atoms with Gasteiger partial charge in [0.15, 0.2) is 0 Å². The Kier molecular flexibility index (Phi) is 4.90. The van der Waals surface area contributed by atoms with Crippen molar-refractivity contribution in [3.63, 3.8) is 0 Å². The monoisotopic (exact) mass is 388 g/mol. The van der Waals surface area contributed by atoms with Crippen LogP contribution in [0.5, 0.6) is 0 Å². The van der Waals surface area contributed by atoms with Gasteiger partial charge < -0.3 is 5.32 Å². The molecule has 0 atom stereocenters. The highest BCUT2D eigenvalue weighted by molar-refractivity contribution is 7.89. The number of benzene rings is 2. The van der Waals surface area contributed by atoms with E-state index < -0.39 is 10.0 Å². The lowest BCUT2D eigenvalue weighted by molar-refractivity contribution is 0.102. The fourth-order valence-electron chi connectivity index (χ4n) is 2.85. The first-order chi connectivity index (χ1) is 12.7. The van der Waals surface area contributed by atoms with E-state index in [1.165, 1.54) is 33.4 Å². The Bertz CT molecular complexity index is 1170. The SMILES string of the molecule is CCNS(=O)(=O)c1ccc(C(=O)Nc2ccc3c(c2)n(C)c(=O)n3C)cc1. The Morgan fingerprint density at radius 3 is 2.26 bits per heavy atom. The van der Waals surface area contributed by atoms with Crippen LogP contribution in [0, 0.1) is 0 Å². The lowest BCUT2D eigenvalue weighted by Gasteiger charge is -2.08. The molecule has 27 heavy (non-hydrogen) atoms. The van der Waals surface area contributed by atoms with E-state index in [9.17, 15) is 18.0 Å². The number of carbonyl (C=O) groups excluding carboxylic acids is 1. The summed E-state index contributed by atoms with van der Waals surface area (Å²) in [5.74, 6) is -0.373. The second kappa shape index (κ2) is 7.01. The summed E-state index contributed by atoms with van der Waals surface area (Å²) >= 11 is 0. The maximum Gasteiger partial charge on any atom is 0.328 e. The largest absolute Gasteiger partial charge is 0.328 e. The normalized spacial score (nSPS) is 11.7. The molecule has 2 N–H and O–H groups in total. The highest BCUT2D eigenvalue weighted by atomic mass is 32.2. The molecular formula is C18H20N4O4S. The molecule has 0 aliphatic heterocycles. The van der Waals surface area contributed by atoms with Crippen LogP contribution in [0.2, 0.25) is 0 Å². The minimum absolute atomic E-state index is 0.0987. The Labute approximate surface area is 156 Å². The van der Waals surface area contributed by atoms with E-state index in [-0.39, 0.29) is 23.0 Å². The van der Waals surface area contributed by atoms with Gasteiger partial charge in [-0.15, -0.1) is 0 Å². The van der Waals surface area contributed by atoms with Gasteiger partial charge in [0.25, 0.3) is 5.91 Å². The molecule has 0 spiro atoms. The van der Waals surface area contributed by atoms with Crippen LogP contribution in [0.3, 0.4) is 0 Å². The molecule has 0 saturated carbocycles. The van der Waals surface area contributed by atoms with Gasteiger partial charge in [-0.1, -0.05) is 6.92 Å². The molecule has 2 aromatic carbocycles. The number of rotatable bonds is 5. The van der Waals surface area contributed by atoms with Gasteiger partial charge in [-0.05, 0) is 42.5 Å². The van der Waals surface area contributed by atoms with Crippen molar-refractivity contribution >= 4 is 32.7 Å². The van der Waals surface area contributed by atoms with E-state index in [0.29, 0.717) is 16.8 Å². The van der Waals surface area contributed by atoms with Gasteiger partial charge in [0, 0.05) is 31.9 Å². The first kappa shape index (κ1) is 18.9. The van der Waals surface area contributed by atoms with Crippen molar-refractivity contribution in [2.75, 3.05) is 11.9 Å². The number of anilines is 1. The fraction of sp³-hybridized carbons (Fsp3) is 0.222. The molecule has 0 aliphatic carbocycles. The molecule has 9 heteroatoms. The first-order valence-corrected chi connectivity index (χ1v) is 9.79. The molecule has 1 heterocycles. The smallest absolute Gasteiger partial charge is 0.322 e. The van der Waals surface area contributed by atoms with E-state index in [0.717, 1.165) is 5.52 Å². The van der Waals surface area contributed by atoms with Crippen LogP contribution in [0.4, 0.5) is 5.69 Å². The van der Waals surface area contributed by atoms with Gasteiger partial charge in [-0.25, -0.2) is 17.9 Å². The van der Waals surface area contributed by atoms with Crippen LogP contribution in [0.15, 0.2) is 52.2 Å². The molecule has 1 amide bonds. The van der Waals surface area contributed by atoms with Gasteiger partial charge in [-0.2, -0.15) is 0 Å². The van der Waals surface area contributed by atoms with E-state index in [1.807, 2.05) is 0 Å². The summed E-state index contributed by atoms with van der Waals surface area (Å²) in [6.07, 6.45) is 0.